The number of esters is 1. The SMILES string of the molecule is CCOC(=O)/C(C#N)=c1\s/c(=C/Nc2ccccc2)c(=O)n1CC. The smallest absolute Gasteiger partial charge is 0.351 e. The van der Waals surface area contributed by atoms with Crippen molar-refractivity contribution in [1.29, 1.82) is 5.26 Å². The molecule has 1 aromatic heterocycles. The molecule has 0 spiro atoms. The molecule has 0 atom stereocenters. The summed E-state index contributed by atoms with van der Waals surface area (Å²) in [5, 5.41) is 12.3. The highest BCUT2D eigenvalue weighted by Gasteiger charge is 2.16. The van der Waals surface area contributed by atoms with Gasteiger partial charge in [-0.2, -0.15) is 5.26 Å². The van der Waals surface area contributed by atoms with Crippen LogP contribution in [0.25, 0.3) is 11.8 Å². The molecule has 2 rings (SSSR count). The van der Waals surface area contributed by atoms with Gasteiger partial charge in [0, 0.05) is 18.4 Å². The van der Waals surface area contributed by atoms with Gasteiger partial charge in [0.15, 0.2) is 5.57 Å². The van der Waals surface area contributed by atoms with Crippen molar-refractivity contribution in [3.63, 3.8) is 0 Å². The van der Waals surface area contributed by atoms with E-state index in [1.54, 1.807) is 20.0 Å². The van der Waals surface area contributed by atoms with Crippen LogP contribution in [0.5, 0.6) is 0 Å². The van der Waals surface area contributed by atoms with E-state index < -0.39 is 5.97 Å². The van der Waals surface area contributed by atoms with Gasteiger partial charge in [0.05, 0.1) is 6.61 Å². The zero-order chi connectivity index (χ0) is 17.5. The number of nitriles is 1. The van der Waals surface area contributed by atoms with E-state index >= 15 is 0 Å². The lowest BCUT2D eigenvalue weighted by atomic mass is 10.3. The van der Waals surface area contributed by atoms with Crippen LogP contribution < -0.4 is 20.1 Å². The largest absolute Gasteiger partial charge is 0.462 e. The summed E-state index contributed by atoms with van der Waals surface area (Å²) in [6.07, 6.45) is 1.58. The molecule has 1 heterocycles. The molecule has 0 aliphatic carbocycles. The average Bonchev–Trinajstić information content (AvgIpc) is 2.90. The van der Waals surface area contributed by atoms with E-state index in [-0.39, 0.29) is 17.7 Å². The van der Waals surface area contributed by atoms with Crippen LogP contribution in [0.2, 0.25) is 0 Å². The first kappa shape index (κ1) is 17.5. The van der Waals surface area contributed by atoms with Crippen molar-refractivity contribution in [2.24, 2.45) is 0 Å². The number of anilines is 1. The van der Waals surface area contributed by atoms with Crippen molar-refractivity contribution >= 4 is 34.8 Å². The van der Waals surface area contributed by atoms with E-state index in [0.717, 1.165) is 17.0 Å². The predicted octanol–water partition coefficient (Wildman–Crippen LogP) is 1.02. The molecule has 6 nitrogen and oxygen atoms in total. The Morgan fingerprint density at radius 1 is 1.38 bits per heavy atom. The second kappa shape index (κ2) is 8.13. The van der Waals surface area contributed by atoms with Gasteiger partial charge >= 0.3 is 5.97 Å². The quantitative estimate of drug-likeness (QED) is 0.820. The Bertz CT molecular complexity index is 936. The summed E-state index contributed by atoms with van der Waals surface area (Å²) in [6, 6.07) is 11.2. The van der Waals surface area contributed by atoms with Crippen LogP contribution in [-0.4, -0.2) is 17.1 Å². The molecule has 0 aliphatic rings. The number of carbonyl (C=O) groups excluding carboxylic acids is 1. The van der Waals surface area contributed by atoms with E-state index in [9.17, 15) is 14.9 Å². The monoisotopic (exact) mass is 343 g/mol. The Kier molecular flexibility index (Phi) is 5.93. The number of nitrogens with one attached hydrogen (secondary N) is 1. The van der Waals surface area contributed by atoms with E-state index in [0.29, 0.717) is 15.7 Å². The van der Waals surface area contributed by atoms with Gasteiger partial charge in [-0.05, 0) is 26.0 Å². The van der Waals surface area contributed by atoms with Gasteiger partial charge in [-0.25, -0.2) is 4.79 Å². The maximum absolute atomic E-state index is 12.5. The van der Waals surface area contributed by atoms with Crippen molar-refractivity contribution in [3.8, 4) is 6.07 Å². The molecule has 0 bridgehead atoms. The van der Waals surface area contributed by atoms with E-state index in [2.05, 4.69) is 5.32 Å². The van der Waals surface area contributed by atoms with Crippen molar-refractivity contribution in [3.05, 3.63) is 49.9 Å². The van der Waals surface area contributed by atoms with Crippen LogP contribution in [0.3, 0.4) is 0 Å². The van der Waals surface area contributed by atoms with E-state index in [1.807, 2.05) is 36.4 Å². The third-order valence-corrected chi connectivity index (χ3v) is 4.30. The molecule has 7 heteroatoms. The average molecular weight is 343 g/mol. The Morgan fingerprint density at radius 2 is 2.08 bits per heavy atom. The zero-order valence-corrected chi connectivity index (χ0v) is 14.2. The lowest BCUT2D eigenvalue weighted by Crippen LogP contribution is -2.32. The minimum Gasteiger partial charge on any atom is -0.462 e. The van der Waals surface area contributed by atoms with Crippen molar-refractivity contribution in [2.75, 3.05) is 11.9 Å². The minimum absolute atomic E-state index is 0.153. The summed E-state index contributed by atoms with van der Waals surface area (Å²) in [5.41, 5.74) is 0.433. The fourth-order valence-electron chi connectivity index (χ4n) is 2.06. The maximum Gasteiger partial charge on any atom is 0.351 e. The summed E-state index contributed by atoms with van der Waals surface area (Å²) in [5.74, 6) is -0.717. The number of hydrogen-bond acceptors (Lipinski definition) is 6. The van der Waals surface area contributed by atoms with Gasteiger partial charge in [0.1, 0.15) is 15.3 Å². The number of carbonyl (C=O) groups is 1. The molecule has 0 saturated carbocycles. The van der Waals surface area contributed by atoms with Crippen molar-refractivity contribution in [1.82, 2.24) is 4.57 Å². The Hall–Kier alpha value is -2.85. The molecular weight excluding hydrogens is 326 g/mol. The molecule has 0 amide bonds. The van der Waals surface area contributed by atoms with Gasteiger partial charge in [-0.15, -0.1) is 11.3 Å². The number of rotatable bonds is 5. The summed E-state index contributed by atoms with van der Waals surface area (Å²) in [7, 11) is 0. The molecule has 124 valence electrons. The maximum atomic E-state index is 12.5. The molecule has 0 unspecified atom stereocenters. The highest BCUT2D eigenvalue weighted by atomic mass is 32.1. The molecule has 1 aromatic carbocycles. The summed E-state index contributed by atoms with van der Waals surface area (Å²) < 4.78 is 7.02. The van der Waals surface area contributed by atoms with Crippen LogP contribution in [0.4, 0.5) is 5.69 Å². The number of aromatic nitrogens is 1. The fraction of sp³-hybridized carbons (Fsp3) is 0.235. The van der Waals surface area contributed by atoms with Gasteiger partial charge in [-0.3, -0.25) is 9.36 Å². The Labute approximate surface area is 142 Å². The summed E-state index contributed by atoms with van der Waals surface area (Å²) in [4.78, 5) is 24.4. The second-order valence-electron chi connectivity index (χ2n) is 4.68. The standard InChI is InChI=1S/C17H17N3O3S/c1-3-20-15(21)14(11-19-12-8-6-5-7-9-12)24-16(20)13(10-18)17(22)23-4-2/h5-9,11,19H,3-4H2,1-2H3/b14-11+,16-13-. The van der Waals surface area contributed by atoms with Crippen LogP contribution in [0, 0.1) is 11.3 Å². The molecule has 0 aliphatic heterocycles. The van der Waals surface area contributed by atoms with Crippen LogP contribution >= 0.6 is 11.3 Å². The number of benzene rings is 1. The number of hydrogen-bond donors (Lipinski definition) is 1. The first-order valence-corrected chi connectivity index (χ1v) is 8.27. The second-order valence-corrected chi connectivity index (χ2v) is 5.71. The molecule has 0 radical (unpaired) electrons. The van der Waals surface area contributed by atoms with Crippen molar-refractivity contribution in [2.45, 2.75) is 20.4 Å². The minimum atomic E-state index is -0.717. The topological polar surface area (TPSA) is 84.1 Å². The highest BCUT2D eigenvalue weighted by Crippen LogP contribution is 2.04. The predicted molar refractivity (Wildman–Crippen MR) is 93.7 cm³/mol. The lowest BCUT2D eigenvalue weighted by molar-refractivity contribution is -0.136. The molecule has 0 fully saturated rings. The highest BCUT2D eigenvalue weighted by molar-refractivity contribution is 7.07. The fourth-order valence-corrected chi connectivity index (χ4v) is 3.14. The number of thiazole rings is 1. The molecule has 2 aromatic rings. The first-order chi connectivity index (χ1) is 11.6. The Morgan fingerprint density at radius 3 is 2.67 bits per heavy atom. The Balaban J connectivity index is 2.58. The lowest BCUT2D eigenvalue weighted by Gasteiger charge is -2.00. The first-order valence-electron chi connectivity index (χ1n) is 7.45. The van der Waals surface area contributed by atoms with Gasteiger partial charge in [0.2, 0.25) is 0 Å². The number of nitrogens with zero attached hydrogens (tertiary/aromatic N) is 2. The third-order valence-electron chi connectivity index (χ3n) is 3.17. The van der Waals surface area contributed by atoms with Gasteiger partial charge in [-0.1, -0.05) is 18.2 Å². The van der Waals surface area contributed by atoms with Gasteiger partial charge < -0.3 is 10.1 Å². The molecule has 0 saturated heterocycles. The van der Waals surface area contributed by atoms with E-state index in [1.165, 1.54) is 4.57 Å². The van der Waals surface area contributed by atoms with Crippen molar-refractivity contribution < 1.29 is 9.53 Å². The molecular formula is C17H17N3O3S. The summed E-state index contributed by atoms with van der Waals surface area (Å²) in [6.45, 7) is 3.97. The normalized spacial score (nSPS) is 12.5. The summed E-state index contributed by atoms with van der Waals surface area (Å²) >= 11 is 1.09. The third kappa shape index (κ3) is 3.73. The van der Waals surface area contributed by atoms with Crippen LogP contribution in [0.1, 0.15) is 13.8 Å². The molecule has 1 N–H and O–H groups in total. The van der Waals surface area contributed by atoms with Gasteiger partial charge in [0.25, 0.3) is 5.56 Å². The van der Waals surface area contributed by atoms with Crippen LogP contribution in [0.15, 0.2) is 35.1 Å². The number of ether oxygens (including phenoxy) is 1. The molecule has 24 heavy (non-hydrogen) atoms. The van der Waals surface area contributed by atoms with Crippen LogP contribution in [-0.2, 0) is 16.1 Å². The van der Waals surface area contributed by atoms with E-state index in [4.69, 9.17) is 4.74 Å². The number of para-hydroxylation sites is 1. The zero-order valence-electron chi connectivity index (χ0n) is 13.4.